The van der Waals surface area contributed by atoms with Crippen molar-refractivity contribution < 1.29 is 21.6 Å². The Bertz CT molecular complexity index is 584. The van der Waals surface area contributed by atoms with Crippen LogP contribution in [0.4, 0.5) is 13.2 Å². The number of likely N-dealkylation sites (tertiary alicyclic amines) is 1. The van der Waals surface area contributed by atoms with E-state index in [-0.39, 0.29) is 6.04 Å². The van der Waals surface area contributed by atoms with Crippen LogP contribution < -0.4 is 4.72 Å². The van der Waals surface area contributed by atoms with Crippen molar-refractivity contribution in [3.63, 3.8) is 0 Å². The Morgan fingerprint density at radius 3 is 2.43 bits per heavy atom. The van der Waals surface area contributed by atoms with Gasteiger partial charge in [-0.2, -0.15) is 13.2 Å². The molecule has 1 atom stereocenters. The Balaban J connectivity index is 1.91. The van der Waals surface area contributed by atoms with Crippen LogP contribution in [-0.2, 0) is 22.7 Å². The summed E-state index contributed by atoms with van der Waals surface area (Å²) < 4.78 is 62.2. The smallest absolute Gasteiger partial charge is 0.297 e. The highest BCUT2D eigenvalue weighted by molar-refractivity contribution is 7.88. The molecule has 1 unspecified atom stereocenters. The predicted molar refractivity (Wildman–Crippen MR) is 73.1 cm³/mol. The number of nitrogens with one attached hydrogen (secondary N) is 1. The first-order valence-electron chi connectivity index (χ1n) is 6.49. The molecule has 0 aromatic heterocycles. The SMILES string of the molecule is CS(=O)(=O)NC1CCN(Cc2ccc(C(F)(F)F)cc2)C1. The second-order valence-electron chi connectivity index (χ2n) is 5.31. The molecular weight excluding hydrogens is 305 g/mol. The van der Waals surface area contributed by atoms with Gasteiger partial charge in [-0.25, -0.2) is 13.1 Å². The van der Waals surface area contributed by atoms with Crippen LogP contribution in [0.25, 0.3) is 0 Å². The van der Waals surface area contributed by atoms with E-state index in [2.05, 4.69) is 4.72 Å². The van der Waals surface area contributed by atoms with Crippen molar-refractivity contribution in [3.05, 3.63) is 35.4 Å². The molecule has 0 bridgehead atoms. The van der Waals surface area contributed by atoms with Crippen LogP contribution in [0.15, 0.2) is 24.3 Å². The van der Waals surface area contributed by atoms with Gasteiger partial charge in [0.1, 0.15) is 0 Å². The molecule has 0 saturated carbocycles. The molecule has 1 fully saturated rings. The van der Waals surface area contributed by atoms with Gasteiger partial charge >= 0.3 is 6.18 Å². The summed E-state index contributed by atoms with van der Waals surface area (Å²) in [5, 5.41) is 0. The fourth-order valence-corrected chi connectivity index (χ4v) is 3.23. The monoisotopic (exact) mass is 322 g/mol. The Kier molecular flexibility index (Phi) is 4.60. The molecule has 8 heteroatoms. The third kappa shape index (κ3) is 4.98. The molecule has 21 heavy (non-hydrogen) atoms. The van der Waals surface area contributed by atoms with Gasteiger partial charge in [0.2, 0.25) is 10.0 Å². The Morgan fingerprint density at radius 2 is 1.90 bits per heavy atom. The second-order valence-corrected chi connectivity index (χ2v) is 7.09. The fraction of sp³-hybridized carbons (Fsp3) is 0.538. The summed E-state index contributed by atoms with van der Waals surface area (Å²) in [4.78, 5) is 2.02. The molecule has 4 nitrogen and oxygen atoms in total. The fourth-order valence-electron chi connectivity index (χ4n) is 2.43. The second kappa shape index (κ2) is 5.94. The summed E-state index contributed by atoms with van der Waals surface area (Å²) in [6.07, 6.45) is -2.50. The molecule has 118 valence electrons. The first-order chi connectivity index (χ1) is 9.63. The number of sulfonamides is 1. The van der Waals surface area contributed by atoms with E-state index in [1.807, 2.05) is 4.90 Å². The van der Waals surface area contributed by atoms with Crippen LogP contribution in [-0.4, -0.2) is 38.7 Å². The molecule has 1 saturated heterocycles. The van der Waals surface area contributed by atoms with Crippen LogP contribution in [0, 0.1) is 0 Å². The lowest BCUT2D eigenvalue weighted by molar-refractivity contribution is -0.137. The lowest BCUT2D eigenvalue weighted by atomic mass is 10.1. The maximum absolute atomic E-state index is 12.5. The van der Waals surface area contributed by atoms with Crippen LogP contribution in [0.1, 0.15) is 17.5 Å². The van der Waals surface area contributed by atoms with Crippen molar-refractivity contribution in [2.24, 2.45) is 0 Å². The van der Waals surface area contributed by atoms with Gasteiger partial charge in [-0.1, -0.05) is 12.1 Å². The highest BCUT2D eigenvalue weighted by atomic mass is 32.2. The molecule has 1 aromatic rings. The maximum atomic E-state index is 12.5. The van der Waals surface area contributed by atoms with Crippen molar-refractivity contribution in [1.82, 2.24) is 9.62 Å². The molecule has 1 aromatic carbocycles. The molecule has 1 aliphatic heterocycles. The van der Waals surface area contributed by atoms with E-state index < -0.39 is 21.8 Å². The Hall–Kier alpha value is -1.12. The van der Waals surface area contributed by atoms with Crippen molar-refractivity contribution in [2.45, 2.75) is 25.2 Å². The molecule has 0 radical (unpaired) electrons. The number of hydrogen-bond acceptors (Lipinski definition) is 3. The van der Waals surface area contributed by atoms with Crippen molar-refractivity contribution in [3.8, 4) is 0 Å². The van der Waals surface area contributed by atoms with Gasteiger partial charge in [0.25, 0.3) is 0 Å². The number of hydrogen-bond donors (Lipinski definition) is 1. The molecule has 1 N–H and O–H groups in total. The van der Waals surface area contributed by atoms with Crippen LogP contribution >= 0.6 is 0 Å². The minimum absolute atomic E-state index is 0.130. The number of nitrogens with zero attached hydrogens (tertiary/aromatic N) is 1. The highest BCUT2D eigenvalue weighted by Gasteiger charge is 2.30. The normalized spacial score (nSPS) is 20.9. The average Bonchev–Trinajstić information content (AvgIpc) is 2.73. The summed E-state index contributed by atoms with van der Waals surface area (Å²) in [7, 11) is -3.23. The van der Waals surface area contributed by atoms with E-state index in [4.69, 9.17) is 0 Å². The van der Waals surface area contributed by atoms with E-state index in [0.717, 1.165) is 24.0 Å². The first kappa shape index (κ1) is 16.3. The van der Waals surface area contributed by atoms with Gasteiger partial charge in [-0.15, -0.1) is 0 Å². The summed E-state index contributed by atoms with van der Waals surface area (Å²) in [5.41, 5.74) is 0.118. The maximum Gasteiger partial charge on any atom is 0.416 e. The summed E-state index contributed by atoms with van der Waals surface area (Å²) in [5.74, 6) is 0. The average molecular weight is 322 g/mol. The number of alkyl halides is 3. The summed E-state index contributed by atoms with van der Waals surface area (Å²) in [6, 6.07) is 4.92. The summed E-state index contributed by atoms with van der Waals surface area (Å²) in [6.45, 7) is 1.79. The van der Waals surface area contributed by atoms with Crippen LogP contribution in [0.5, 0.6) is 0 Å². The molecule has 1 aliphatic rings. The van der Waals surface area contributed by atoms with Crippen LogP contribution in [0.3, 0.4) is 0 Å². The molecule has 0 spiro atoms. The van der Waals surface area contributed by atoms with E-state index in [1.165, 1.54) is 12.1 Å². The lowest BCUT2D eigenvalue weighted by Crippen LogP contribution is -2.36. The van der Waals surface area contributed by atoms with Crippen molar-refractivity contribution in [2.75, 3.05) is 19.3 Å². The number of rotatable bonds is 4. The van der Waals surface area contributed by atoms with E-state index in [1.54, 1.807) is 0 Å². The topological polar surface area (TPSA) is 49.4 Å². The van der Waals surface area contributed by atoms with E-state index >= 15 is 0 Å². The zero-order valence-corrected chi connectivity index (χ0v) is 12.3. The van der Waals surface area contributed by atoms with Crippen molar-refractivity contribution >= 4 is 10.0 Å². The minimum Gasteiger partial charge on any atom is -0.297 e. The Morgan fingerprint density at radius 1 is 1.29 bits per heavy atom. The molecular formula is C13H17F3N2O2S. The standard InChI is InChI=1S/C13H17F3N2O2S/c1-21(19,20)17-12-6-7-18(9-12)8-10-2-4-11(5-3-10)13(14,15)16/h2-5,12,17H,6-9H2,1H3. The lowest BCUT2D eigenvalue weighted by Gasteiger charge is -2.16. The Labute approximate surface area is 122 Å². The quantitative estimate of drug-likeness (QED) is 0.920. The third-order valence-corrected chi connectivity index (χ3v) is 4.10. The zero-order valence-electron chi connectivity index (χ0n) is 11.5. The molecule has 2 rings (SSSR count). The van der Waals surface area contributed by atoms with Crippen LogP contribution in [0.2, 0.25) is 0 Å². The summed E-state index contributed by atoms with van der Waals surface area (Å²) >= 11 is 0. The predicted octanol–water partition coefficient (Wildman–Crippen LogP) is 1.83. The zero-order chi connectivity index (χ0) is 15.7. The highest BCUT2D eigenvalue weighted by Crippen LogP contribution is 2.29. The van der Waals surface area contributed by atoms with Crippen molar-refractivity contribution in [1.29, 1.82) is 0 Å². The van der Waals surface area contributed by atoms with Gasteiger partial charge in [-0.05, 0) is 24.1 Å². The van der Waals surface area contributed by atoms with Gasteiger partial charge in [0.05, 0.1) is 11.8 Å². The number of benzene rings is 1. The molecule has 0 amide bonds. The largest absolute Gasteiger partial charge is 0.416 e. The van der Waals surface area contributed by atoms with Gasteiger partial charge in [-0.3, -0.25) is 4.90 Å². The molecule has 0 aliphatic carbocycles. The van der Waals surface area contributed by atoms with Gasteiger partial charge < -0.3 is 0 Å². The third-order valence-electron chi connectivity index (χ3n) is 3.34. The van der Waals surface area contributed by atoms with Gasteiger partial charge in [0.15, 0.2) is 0 Å². The van der Waals surface area contributed by atoms with Gasteiger partial charge in [0, 0.05) is 25.7 Å². The van der Waals surface area contributed by atoms with E-state index in [0.29, 0.717) is 26.1 Å². The first-order valence-corrected chi connectivity index (χ1v) is 8.38. The van der Waals surface area contributed by atoms with E-state index in [9.17, 15) is 21.6 Å². The number of halogens is 3. The minimum atomic E-state index is -4.32. The molecule has 1 heterocycles.